The summed E-state index contributed by atoms with van der Waals surface area (Å²) in [6, 6.07) is 10.0. The van der Waals surface area contributed by atoms with E-state index in [1.165, 1.54) is 5.56 Å². The second-order valence-electron chi connectivity index (χ2n) is 7.91. The van der Waals surface area contributed by atoms with Gasteiger partial charge < -0.3 is 14.7 Å². The SMILES string of the molecule is CCNCC1CCN(C(=O)c2cc(-c3ccc(C)cc3)nc3onc(C)c23)CC1.Cl. The third-order valence-corrected chi connectivity index (χ3v) is 5.78. The van der Waals surface area contributed by atoms with Gasteiger partial charge in [-0.3, -0.25) is 4.79 Å². The highest BCUT2D eigenvalue weighted by molar-refractivity contribution is 6.07. The number of rotatable bonds is 5. The number of nitrogens with one attached hydrogen (secondary N) is 1. The number of fused-ring (bicyclic) bond motifs is 1. The molecule has 0 atom stereocenters. The molecule has 1 saturated heterocycles. The number of nitrogens with zero attached hydrogens (tertiary/aromatic N) is 3. The lowest BCUT2D eigenvalue weighted by atomic mass is 9.95. The van der Waals surface area contributed by atoms with E-state index < -0.39 is 0 Å². The average molecular weight is 429 g/mol. The van der Waals surface area contributed by atoms with E-state index in [4.69, 9.17) is 4.52 Å². The molecule has 1 fully saturated rings. The Hall–Kier alpha value is -2.44. The van der Waals surface area contributed by atoms with Crippen molar-refractivity contribution in [2.24, 2.45) is 5.92 Å². The molecule has 1 amide bonds. The molecule has 1 N–H and O–H groups in total. The van der Waals surface area contributed by atoms with Crippen LogP contribution in [-0.4, -0.2) is 47.1 Å². The maximum atomic E-state index is 13.4. The molecule has 0 radical (unpaired) electrons. The highest BCUT2D eigenvalue weighted by Crippen LogP contribution is 2.29. The molecule has 0 aliphatic carbocycles. The molecular weight excluding hydrogens is 400 g/mol. The molecule has 0 saturated carbocycles. The van der Waals surface area contributed by atoms with Crippen molar-refractivity contribution in [3.05, 3.63) is 47.2 Å². The van der Waals surface area contributed by atoms with Gasteiger partial charge >= 0.3 is 0 Å². The van der Waals surface area contributed by atoms with E-state index in [0.29, 0.717) is 22.9 Å². The van der Waals surface area contributed by atoms with Crippen LogP contribution >= 0.6 is 12.4 Å². The van der Waals surface area contributed by atoms with Crippen LogP contribution in [0.1, 0.15) is 41.4 Å². The van der Waals surface area contributed by atoms with Gasteiger partial charge in [0.25, 0.3) is 11.6 Å². The van der Waals surface area contributed by atoms with Crippen LogP contribution in [0, 0.1) is 19.8 Å². The van der Waals surface area contributed by atoms with Crippen molar-refractivity contribution in [1.82, 2.24) is 20.4 Å². The topological polar surface area (TPSA) is 71.3 Å². The van der Waals surface area contributed by atoms with E-state index in [1.54, 1.807) is 0 Å². The molecule has 3 aromatic rings. The molecule has 2 aromatic heterocycles. The first-order valence-corrected chi connectivity index (χ1v) is 10.4. The third-order valence-electron chi connectivity index (χ3n) is 5.78. The maximum absolute atomic E-state index is 13.4. The Morgan fingerprint density at radius 3 is 2.57 bits per heavy atom. The van der Waals surface area contributed by atoms with Crippen LogP contribution in [0.3, 0.4) is 0 Å². The molecule has 0 bridgehead atoms. The highest BCUT2D eigenvalue weighted by Gasteiger charge is 2.27. The predicted octanol–water partition coefficient (Wildman–Crippen LogP) is 4.39. The van der Waals surface area contributed by atoms with Crippen molar-refractivity contribution in [3.63, 3.8) is 0 Å². The van der Waals surface area contributed by atoms with Gasteiger partial charge in [-0.25, -0.2) is 4.98 Å². The van der Waals surface area contributed by atoms with E-state index in [2.05, 4.69) is 29.3 Å². The Balaban J connectivity index is 0.00000256. The summed E-state index contributed by atoms with van der Waals surface area (Å²) in [7, 11) is 0. The number of aromatic nitrogens is 2. The lowest BCUT2D eigenvalue weighted by molar-refractivity contribution is 0.0692. The fourth-order valence-electron chi connectivity index (χ4n) is 3.99. The summed E-state index contributed by atoms with van der Waals surface area (Å²) >= 11 is 0. The number of benzene rings is 1. The zero-order chi connectivity index (χ0) is 20.4. The van der Waals surface area contributed by atoms with Crippen molar-refractivity contribution >= 4 is 29.4 Å². The van der Waals surface area contributed by atoms with Crippen molar-refractivity contribution in [3.8, 4) is 11.3 Å². The van der Waals surface area contributed by atoms with E-state index >= 15 is 0 Å². The minimum atomic E-state index is 0. The zero-order valence-corrected chi connectivity index (χ0v) is 18.6. The number of likely N-dealkylation sites (tertiary alicyclic amines) is 1. The predicted molar refractivity (Wildman–Crippen MR) is 121 cm³/mol. The van der Waals surface area contributed by atoms with Crippen LogP contribution in [-0.2, 0) is 0 Å². The fourth-order valence-corrected chi connectivity index (χ4v) is 3.99. The van der Waals surface area contributed by atoms with Gasteiger partial charge in [0.05, 0.1) is 22.3 Å². The minimum Gasteiger partial charge on any atom is -0.339 e. The first kappa shape index (κ1) is 22.2. The summed E-state index contributed by atoms with van der Waals surface area (Å²) in [4.78, 5) is 20.0. The lowest BCUT2D eigenvalue weighted by Crippen LogP contribution is -2.40. The number of hydrogen-bond acceptors (Lipinski definition) is 5. The zero-order valence-electron chi connectivity index (χ0n) is 17.8. The van der Waals surface area contributed by atoms with Crippen LogP contribution in [0.2, 0.25) is 0 Å². The standard InChI is InChI=1S/C23H28N4O2.ClH/c1-4-24-14-17-9-11-27(12-10-17)23(28)19-13-20(18-7-5-15(2)6-8-18)25-22-21(19)16(3)26-29-22;/h5-8,13,17,24H,4,9-12,14H2,1-3H3;1H. The monoisotopic (exact) mass is 428 g/mol. The van der Waals surface area contributed by atoms with E-state index in [-0.39, 0.29) is 18.3 Å². The van der Waals surface area contributed by atoms with Crippen LogP contribution in [0.5, 0.6) is 0 Å². The van der Waals surface area contributed by atoms with Crippen molar-refractivity contribution < 1.29 is 9.32 Å². The second-order valence-corrected chi connectivity index (χ2v) is 7.91. The van der Waals surface area contributed by atoms with Gasteiger partial charge in [-0.1, -0.05) is 41.9 Å². The second kappa shape index (κ2) is 9.58. The molecule has 1 aliphatic rings. The first-order chi connectivity index (χ1) is 14.1. The molecule has 30 heavy (non-hydrogen) atoms. The van der Waals surface area contributed by atoms with Crippen molar-refractivity contribution in [2.45, 2.75) is 33.6 Å². The number of hydrogen-bond donors (Lipinski definition) is 1. The number of piperidine rings is 1. The van der Waals surface area contributed by atoms with Crippen molar-refractivity contribution in [2.75, 3.05) is 26.2 Å². The summed E-state index contributed by atoms with van der Waals surface area (Å²) < 4.78 is 5.43. The maximum Gasteiger partial charge on any atom is 0.259 e. The fraction of sp³-hybridized carbons (Fsp3) is 0.435. The first-order valence-electron chi connectivity index (χ1n) is 10.4. The van der Waals surface area contributed by atoms with Gasteiger partial charge in [-0.2, -0.15) is 0 Å². The molecule has 1 aliphatic heterocycles. The summed E-state index contributed by atoms with van der Waals surface area (Å²) in [5, 5.41) is 8.20. The molecule has 4 rings (SSSR count). The highest BCUT2D eigenvalue weighted by atomic mass is 35.5. The molecule has 160 valence electrons. The lowest BCUT2D eigenvalue weighted by Gasteiger charge is -2.32. The molecule has 3 heterocycles. The van der Waals surface area contributed by atoms with Gasteiger partial charge in [0.1, 0.15) is 0 Å². The molecule has 0 spiro atoms. The molecule has 1 aromatic carbocycles. The van der Waals surface area contributed by atoms with Crippen LogP contribution in [0.25, 0.3) is 22.4 Å². The average Bonchev–Trinajstić information content (AvgIpc) is 3.13. The third kappa shape index (κ3) is 4.50. The number of halogens is 1. The van der Waals surface area contributed by atoms with Crippen LogP contribution in [0.4, 0.5) is 0 Å². The van der Waals surface area contributed by atoms with Crippen LogP contribution in [0.15, 0.2) is 34.9 Å². The van der Waals surface area contributed by atoms with Crippen molar-refractivity contribution in [1.29, 1.82) is 0 Å². The molecule has 7 heteroatoms. The summed E-state index contributed by atoms with van der Waals surface area (Å²) in [5.41, 5.74) is 4.64. The summed E-state index contributed by atoms with van der Waals surface area (Å²) in [6.07, 6.45) is 2.06. The van der Waals surface area contributed by atoms with Gasteiger partial charge in [0.2, 0.25) is 0 Å². The smallest absolute Gasteiger partial charge is 0.259 e. The number of carbonyl (C=O) groups excluding carboxylic acids is 1. The van der Waals surface area contributed by atoms with E-state index in [0.717, 1.165) is 55.7 Å². The summed E-state index contributed by atoms with van der Waals surface area (Å²) in [5.74, 6) is 0.677. The minimum absolute atomic E-state index is 0. The van der Waals surface area contributed by atoms with Gasteiger partial charge in [-0.05, 0) is 51.8 Å². The normalized spacial score (nSPS) is 14.7. The molecular formula is C23H29ClN4O2. The Kier molecular flexibility index (Phi) is 7.10. The Labute approximate surface area is 183 Å². The largest absolute Gasteiger partial charge is 0.339 e. The van der Waals surface area contributed by atoms with E-state index in [1.807, 2.05) is 42.2 Å². The number of carbonyl (C=O) groups is 1. The number of pyridine rings is 1. The Morgan fingerprint density at radius 2 is 1.90 bits per heavy atom. The quantitative estimate of drug-likeness (QED) is 0.652. The molecule has 0 unspecified atom stereocenters. The number of amides is 1. The Morgan fingerprint density at radius 1 is 1.20 bits per heavy atom. The number of aryl methyl sites for hydroxylation is 2. The van der Waals surface area contributed by atoms with Gasteiger partial charge in [-0.15, -0.1) is 12.4 Å². The Bertz CT molecular complexity index is 1010. The van der Waals surface area contributed by atoms with Gasteiger partial charge in [0, 0.05) is 18.7 Å². The molecule has 6 nitrogen and oxygen atoms in total. The summed E-state index contributed by atoms with van der Waals surface area (Å²) in [6.45, 7) is 9.61. The van der Waals surface area contributed by atoms with E-state index in [9.17, 15) is 4.79 Å². The van der Waals surface area contributed by atoms with Gasteiger partial charge in [0.15, 0.2) is 0 Å². The van der Waals surface area contributed by atoms with Crippen LogP contribution < -0.4 is 5.32 Å².